The van der Waals surface area contributed by atoms with Gasteiger partial charge in [-0.1, -0.05) is 26.0 Å². The molecule has 2 N–H and O–H groups in total. The summed E-state index contributed by atoms with van der Waals surface area (Å²) in [7, 11) is 0. The van der Waals surface area contributed by atoms with Crippen LogP contribution in [0, 0.1) is 0 Å². The van der Waals surface area contributed by atoms with Gasteiger partial charge in [0.05, 0.1) is 18.0 Å². The number of likely N-dealkylation sites (tertiary alicyclic amines) is 1. The molecule has 0 amide bonds. The zero-order valence-corrected chi connectivity index (χ0v) is 14.0. The van der Waals surface area contributed by atoms with Gasteiger partial charge in [-0.05, 0) is 23.6 Å². The van der Waals surface area contributed by atoms with E-state index in [1.165, 1.54) is 5.56 Å². The Morgan fingerprint density at radius 3 is 2.67 bits per heavy atom. The normalized spacial score (nSPS) is 21.5. The lowest BCUT2D eigenvalue weighted by molar-refractivity contribution is -0.142. The van der Waals surface area contributed by atoms with Crippen molar-refractivity contribution < 1.29 is 15.0 Å². The molecule has 1 fully saturated rings. The Balaban J connectivity index is 1.72. The zero-order chi connectivity index (χ0) is 17.3. The van der Waals surface area contributed by atoms with Gasteiger partial charge in [0.25, 0.3) is 0 Å². The number of aliphatic hydroxyl groups is 1. The van der Waals surface area contributed by atoms with Crippen molar-refractivity contribution in [1.82, 2.24) is 14.7 Å². The van der Waals surface area contributed by atoms with Gasteiger partial charge in [0.1, 0.15) is 6.04 Å². The summed E-state index contributed by atoms with van der Waals surface area (Å²) < 4.78 is 1.79. The van der Waals surface area contributed by atoms with Gasteiger partial charge in [-0.2, -0.15) is 5.10 Å². The molecule has 0 unspecified atom stereocenters. The SMILES string of the molecule is CC(C)c1ccc(-n2cc(CN3C[C@H](O)C[C@H]3C(=O)O)cn2)cc1. The van der Waals surface area contributed by atoms with Crippen molar-refractivity contribution in [2.24, 2.45) is 0 Å². The van der Waals surface area contributed by atoms with Gasteiger partial charge < -0.3 is 10.2 Å². The largest absolute Gasteiger partial charge is 0.480 e. The molecule has 6 heteroatoms. The first kappa shape index (κ1) is 16.7. The van der Waals surface area contributed by atoms with E-state index in [1.807, 2.05) is 18.3 Å². The van der Waals surface area contributed by atoms with Crippen LogP contribution in [0.2, 0.25) is 0 Å². The maximum Gasteiger partial charge on any atom is 0.321 e. The van der Waals surface area contributed by atoms with E-state index in [9.17, 15) is 15.0 Å². The van der Waals surface area contributed by atoms with E-state index in [0.29, 0.717) is 19.0 Å². The number of rotatable bonds is 5. The minimum Gasteiger partial charge on any atom is -0.480 e. The van der Waals surface area contributed by atoms with Gasteiger partial charge in [0, 0.05) is 31.3 Å². The first-order valence-electron chi connectivity index (χ1n) is 8.23. The third-order valence-corrected chi connectivity index (χ3v) is 4.51. The topological polar surface area (TPSA) is 78.6 Å². The number of aliphatic carboxylic acids is 1. The predicted octanol–water partition coefficient (Wildman–Crippen LogP) is 2.02. The van der Waals surface area contributed by atoms with Crippen LogP contribution >= 0.6 is 0 Å². The Morgan fingerprint density at radius 1 is 1.33 bits per heavy atom. The summed E-state index contributed by atoms with van der Waals surface area (Å²) in [6.45, 7) is 5.16. The van der Waals surface area contributed by atoms with Crippen LogP contribution in [0.3, 0.4) is 0 Å². The summed E-state index contributed by atoms with van der Waals surface area (Å²) in [5.74, 6) is -0.398. The number of carboxylic acid groups (broad SMARTS) is 1. The van der Waals surface area contributed by atoms with Crippen molar-refractivity contribution in [2.75, 3.05) is 6.54 Å². The molecule has 1 aliphatic rings. The van der Waals surface area contributed by atoms with E-state index in [4.69, 9.17) is 0 Å². The van der Waals surface area contributed by atoms with Crippen LogP contribution in [0.25, 0.3) is 5.69 Å². The molecule has 1 saturated heterocycles. The third kappa shape index (κ3) is 3.49. The number of hydrogen-bond acceptors (Lipinski definition) is 4. The molecule has 24 heavy (non-hydrogen) atoms. The number of benzene rings is 1. The van der Waals surface area contributed by atoms with Crippen LogP contribution in [0.1, 0.15) is 37.3 Å². The van der Waals surface area contributed by atoms with E-state index in [1.54, 1.807) is 15.8 Å². The number of nitrogens with zero attached hydrogens (tertiary/aromatic N) is 3. The summed E-state index contributed by atoms with van der Waals surface area (Å²) >= 11 is 0. The van der Waals surface area contributed by atoms with Gasteiger partial charge in [-0.25, -0.2) is 4.68 Å². The number of aliphatic hydroxyl groups excluding tert-OH is 1. The first-order valence-corrected chi connectivity index (χ1v) is 8.23. The summed E-state index contributed by atoms with van der Waals surface area (Å²) in [6, 6.07) is 7.63. The molecule has 0 bridgehead atoms. The van der Waals surface area contributed by atoms with Crippen molar-refractivity contribution in [3.05, 3.63) is 47.8 Å². The highest BCUT2D eigenvalue weighted by molar-refractivity contribution is 5.74. The lowest BCUT2D eigenvalue weighted by atomic mass is 10.0. The fraction of sp³-hybridized carbons (Fsp3) is 0.444. The molecule has 0 spiro atoms. The van der Waals surface area contributed by atoms with Crippen LogP contribution < -0.4 is 0 Å². The number of aromatic nitrogens is 2. The standard InChI is InChI=1S/C18H23N3O3/c1-12(2)14-3-5-15(6-4-14)21-10-13(8-19-21)9-20-11-16(22)7-17(20)18(23)24/h3-6,8,10,12,16-17,22H,7,9,11H2,1-2H3,(H,23,24)/t16-,17+/m1/s1. The Kier molecular flexibility index (Phi) is 4.69. The molecular weight excluding hydrogens is 306 g/mol. The molecule has 2 heterocycles. The Bertz CT molecular complexity index is 709. The second kappa shape index (κ2) is 6.75. The second-order valence-electron chi connectivity index (χ2n) is 6.71. The molecule has 1 aromatic carbocycles. The molecule has 1 aromatic heterocycles. The van der Waals surface area contributed by atoms with Crippen LogP contribution in [0.4, 0.5) is 0 Å². The van der Waals surface area contributed by atoms with E-state index in [2.05, 4.69) is 31.1 Å². The minimum atomic E-state index is -0.886. The number of carboxylic acids is 1. The predicted molar refractivity (Wildman–Crippen MR) is 90.1 cm³/mol. The van der Waals surface area contributed by atoms with Gasteiger partial charge in [-0.3, -0.25) is 9.69 Å². The van der Waals surface area contributed by atoms with E-state index >= 15 is 0 Å². The summed E-state index contributed by atoms with van der Waals surface area (Å²) in [6.07, 6.45) is 3.36. The number of β-amino-alcohol motifs (C(OH)–C–C–N with tert-alkyl or cyclic N) is 1. The highest BCUT2D eigenvalue weighted by Crippen LogP contribution is 2.21. The van der Waals surface area contributed by atoms with Crippen LogP contribution in [-0.2, 0) is 11.3 Å². The Morgan fingerprint density at radius 2 is 2.04 bits per heavy atom. The van der Waals surface area contributed by atoms with E-state index in [0.717, 1.165) is 11.3 Å². The van der Waals surface area contributed by atoms with Gasteiger partial charge in [-0.15, -0.1) is 0 Å². The fourth-order valence-corrected chi connectivity index (χ4v) is 3.14. The van der Waals surface area contributed by atoms with Crippen molar-refractivity contribution in [2.45, 2.75) is 44.9 Å². The number of carbonyl (C=O) groups is 1. The fourth-order valence-electron chi connectivity index (χ4n) is 3.14. The van der Waals surface area contributed by atoms with Crippen molar-refractivity contribution in [3.63, 3.8) is 0 Å². The summed E-state index contributed by atoms with van der Waals surface area (Å²) in [5, 5.41) is 23.4. The van der Waals surface area contributed by atoms with Crippen LogP contribution in [-0.4, -0.2) is 49.6 Å². The lowest BCUT2D eigenvalue weighted by Crippen LogP contribution is -2.35. The summed E-state index contributed by atoms with van der Waals surface area (Å²) in [5.41, 5.74) is 3.19. The number of hydrogen-bond donors (Lipinski definition) is 2. The Hall–Kier alpha value is -2.18. The maximum atomic E-state index is 11.3. The van der Waals surface area contributed by atoms with Gasteiger partial charge in [0.2, 0.25) is 0 Å². The third-order valence-electron chi connectivity index (χ3n) is 4.51. The van der Waals surface area contributed by atoms with Crippen molar-refractivity contribution in [3.8, 4) is 5.69 Å². The second-order valence-corrected chi connectivity index (χ2v) is 6.71. The molecule has 0 saturated carbocycles. The van der Waals surface area contributed by atoms with Crippen LogP contribution in [0.15, 0.2) is 36.7 Å². The van der Waals surface area contributed by atoms with E-state index < -0.39 is 18.1 Å². The van der Waals surface area contributed by atoms with Crippen molar-refractivity contribution >= 4 is 5.97 Å². The quantitative estimate of drug-likeness (QED) is 0.877. The van der Waals surface area contributed by atoms with Crippen molar-refractivity contribution in [1.29, 1.82) is 0 Å². The van der Waals surface area contributed by atoms with Gasteiger partial charge >= 0.3 is 5.97 Å². The molecule has 0 radical (unpaired) electrons. The first-order chi connectivity index (χ1) is 11.4. The molecule has 128 valence electrons. The minimum absolute atomic E-state index is 0.278. The smallest absolute Gasteiger partial charge is 0.321 e. The highest BCUT2D eigenvalue weighted by atomic mass is 16.4. The molecule has 3 rings (SSSR count). The average molecular weight is 329 g/mol. The molecule has 1 aliphatic heterocycles. The molecule has 6 nitrogen and oxygen atoms in total. The molecule has 0 aliphatic carbocycles. The average Bonchev–Trinajstić information content (AvgIpc) is 3.14. The summed E-state index contributed by atoms with van der Waals surface area (Å²) in [4.78, 5) is 13.1. The molecular formula is C18H23N3O3. The highest BCUT2D eigenvalue weighted by Gasteiger charge is 2.35. The molecule has 2 atom stereocenters. The Labute approximate surface area is 141 Å². The van der Waals surface area contributed by atoms with Crippen LogP contribution in [0.5, 0.6) is 0 Å². The van der Waals surface area contributed by atoms with Gasteiger partial charge in [0.15, 0.2) is 0 Å². The monoisotopic (exact) mass is 329 g/mol. The van der Waals surface area contributed by atoms with E-state index in [-0.39, 0.29) is 6.42 Å². The maximum absolute atomic E-state index is 11.3. The molecule has 2 aromatic rings. The lowest BCUT2D eigenvalue weighted by Gasteiger charge is -2.19. The zero-order valence-electron chi connectivity index (χ0n) is 14.0.